The first kappa shape index (κ1) is 15.7. The summed E-state index contributed by atoms with van der Waals surface area (Å²) in [5, 5.41) is 0.145. The second kappa shape index (κ2) is 7.36. The average molecular weight is 301 g/mol. The summed E-state index contributed by atoms with van der Waals surface area (Å²) >= 11 is 5.79. The Hall–Kier alpha value is -0.680. The van der Waals surface area contributed by atoms with Gasteiger partial charge in [0.1, 0.15) is 5.82 Å². The van der Waals surface area contributed by atoms with Gasteiger partial charge in [-0.25, -0.2) is 4.39 Å². The van der Waals surface area contributed by atoms with Crippen LogP contribution in [0.2, 0.25) is 5.02 Å². The molecule has 1 aliphatic rings. The lowest BCUT2D eigenvalue weighted by molar-refractivity contribution is -0.0400. The summed E-state index contributed by atoms with van der Waals surface area (Å²) in [6.07, 6.45) is 1.80. The van der Waals surface area contributed by atoms with Crippen molar-refractivity contribution in [2.75, 3.05) is 26.2 Å². The van der Waals surface area contributed by atoms with Crippen LogP contribution >= 0.6 is 11.6 Å². The topological polar surface area (TPSA) is 38.5 Å². The molecule has 0 aromatic heterocycles. The van der Waals surface area contributed by atoms with Crippen molar-refractivity contribution in [3.8, 4) is 0 Å². The fourth-order valence-electron chi connectivity index (χ4n) is 2.58. The molecule has 0 aliphatic carbocycles. The lowest BCUT2D eigenvalue weighted by Crippen LogP contribution is -2.51. The summed E-state index contributed by atoms with van der Waals surface area (Å²) in [5.74, 6) is -0.396. The second-order valence-electron chi connectivity index (χ2n) is 5.33. The minimum atomic E-state index is -0.396. The van der Waals surface area contributed by atoms with E-state index in [-0.39, 0.29) is 17.2 Å². The zero-order valence-electron chi connectivity index (χ0n) is 11.8. The first-order valence-corrected chi connectivity index (χ1v) is 7.51. The van der Waals surface area contributed by atoms with E-state index in [1.54, 1.807) is 12.1 Å². The van der Waals surface area contributed by atoms with Crippen LogP contribution < -0.4 is 5.73 Å². The van der Waals surface area contributed by atoms with Crippen LogP contribution in [0.3, 0.4) is 0 Å². The Balaban J connectivity index is 1.93. The minimum Gasteiger partial charge on any atom is -0.374 e. The highest BCUT2D eigenvalue weighted by molar-refractivity contribution is 6.30. The highest BCUT2D eigenvalue weighted by Crippen LogP contribution is 2.18. The fourth-order valence-corrected chi connectivity index (χ4v) is 2.78. The summed E-state index contributed by atoms with van der Waals surface area (Å²) in [6.45, 7) is 5.81. The first-order valence-electron chi connectivity index (χ1n) is 7.13. The molecular weight excluding hydrogens is 279 g/mol. The third kappa shape index (κ3) is 4.16. The van der Waals surface area contributed by atoms with Gasteiger partial charge in [0.15, 0.2) is 0 Å². The van der Waals surface area contributed by atoms with Gasteiger partial charge in [0, 0.05) is 19.1 Å². The molecule has 112 valence electrons. The molecule has 1 fully saturated rings. The van der Waals surface area contributed by atoms with Gasteiger partial charge in [0.25, 0.3) is 0 Å². The lowest BCUT2D eigenvalue weighted by atomic mass is 10.0. The third-order valence-electron chi connectivity index (χ3n) is 3.65. The SMILES string of the molecule is CCCN1CCOC(C(N)Cc2ccc(F)c(Cl)c2)C1. The number of nitrogens with zero attached hydrogens (tertiary/aromatic N) is 1. The molecule has 1 saturated heterocycles. The Morgan fingerprint density at radius 2 is 2.35 bits per heavy atom. The van der Waals surface area contributed by atoms with Crippen LogP contribution in [0.5, 0.6) is 0 Å². The molecule has 3 nitrogen and oxygen atoms in total. The molecule has 0 amide bonds. The molecule has 20 heavy (non-hydrogen) atoms. The maximum atomic E-state index is 13.1. The van der Waals surface area contributed by atoms with Gasteiger partial charge in [-0.2, -0.15) is 0 Å². The Kier molecular flexibility index (Phi) is 5.78. The van der Waals surface area contributed by atoms with E-state index in [0.717, 1.165) is 38.2 Å². The zero-order valence-corrected chi connectivity index (χ0v) is 12.6. The summed E-state index contributed by atoms with van der Waals surface area (Å²) in [6, 6.07) is 4.66. The van der Waals surface area contributed by atoms with Crippen LogP contribution in [0, 0.1) is 5.82 Å². The quantitative estimate of drug-likeness (QED) is 0.908. The van der Waals surface area contributed by atoms with Crippen molar-refractivity contribution < 1.29 is 9.13 Å². The smallest absolute Gasteiger partial charge is 0.141 e. The van der Waals surface area contributed by atoms with Gasteiger partial charge in [-0.3, -0.25) is 4.90 Å². The maximum absolute atomic E-state index is 13.1. The normalized spacial score (nSPS) is 21.9. The van der Waals surface area contributed by atoms with E-state index >= 15 is 0 Å². The van der Waals surface area contributed by atoms with Gasteiger partial charge >= 0.3 is 0 Å². The highest BCUT2D eigenvalue weighted by Gasteiger charge is 2.25. The second-order valence-corrected chi connectivity index (χ2v) is 5.73. The number of ether oxygens (including phenoxy) is 1. The van der Waals surface area contributed by atoms with E-state index in [2.05, 4.69) is 11.8 Å². The largest absolute Gasteiger partial charge is 0.374 e. The van der Waals surface area contributed by atoms with Crippen molar-refractivity contribution in [1.29, 1.82) is 0 Å². The van der Waals surface area contributed by atoms with Crippen LogP contribution in [-0.4, -0.2) is 43.3 Å². The molecule has 1 aliphatic heterocycles. The number of hydrogen-bond donors (Lipinski definition) is 1. The number of benzene rings is 1. The van der Waals surface area contributed by atoms with Crippen molar-refractivity contribution in [2.24, 2.45) is 5.73 Å². The Labute approximate surface area is 124 Å². The molecule has 2 atom stereocenters. The molecule has 1 aromatic carbocycles. The standard InChI is InChI=1S/C15H22ClFN2O/c1-2-5-19-6-7-20-15(10-19)14(18)9-11-3-4-13(17)12(16)8-11/h3-4,8,14-15H,2,5-7,9-10,18H2,1H3. The number of nitrogens with two attached hydrogens (primary N) is 1. The van der Waals surface area contributed by atoms with Gasteiger partial charge in [-0.15, -0.1) is 0 Å². The average Bonchev–Trinajstić information content (AvgIpc) is 2.43. The van der Waals surface area contributed by atoms with Gasteiger partial charge in [0.05, 0.1) is 17.7 Å². The summed E-state index contributed by atoms with van der Waals surface area (Å²) < 4.78 is 18.9. The van der Waals surface area contributed by atoms with E-state index in [0.29, 0.717) is 6.42 Å². The van der Waals surface area contributed by atoms with Crippen LogP contribution in [0.25, 0.3) is 0 Å². The number of morpholine rings is 1. The summed E-state index contributed by atoms with van der Waals surface area (Å²) in [5.41, 5.74) is 7.18. The van der Waals surface area contributed by atoms with E-state index in [1.165, 1.54) is 6.07 Å². The molecule has 0 saturated carbocycles. The number of halogens is 2. The van der Waals surface area contributed by atoms with Crippen molar-refractivity contribution in [3.05, 3.63) is 34.6 Å². The van der Waals surface area contributed by atoms with Crippen LogP contribution in [0.1, 0.15) is 18.9 Å². The van der Waals surface area contributed by atoms with Crippen LogP contribution in [0.4, 0.5) is 4.39 Å². The van der Waals surface area contributed by atoms with Crippen molar-refractivity contribution in [3.63, 3.8) is 0 Å². The predicted molar refractivity (Wildman–Crippen MR) is 79.6 cm³/mol. The Morgan fingerprint density at radius 3 is 3.05 bits per heavy atom. The maximum Gasteiger partial charge on any atom is 0.141 e. The van der Waals surface area contributed by atoms with E-state index in [1.807, 2.05) is 0 Å². The van der Waals surface area contributed by atoms with Crippen LogP contribution in [-0.2, 0) is 11.2 Å². The van der Waals surface area contributed by atoms with Crippen molar-refractivity contribution in [2.45, 2.75) is 31.9 Å². The highest BCUT2D eigenvalue weighted by atomic mass is 35.5. The van der Waals surface area contributed by atoms with E-state index in [4.69, 9.17) is 22.1 Å². The van der Waals surface area contributed by atoms with Gasteiger partial charge in [0.2, 0.25) is 0 Å². The third-order valence-corrected chi connectivity index (χ3v) is 3.94. The summed E-state index contributed by atoms with van der Waals surface area (Å²) in [4.78, 5) is 2.38. The molecule has 2 rings (SSSR count). The first-order chi connectivity index (χ1) is 9.60. The van der Waals surface area contributed by atoms with Crippen molar-refractivity contribution in [1.82, 2.24) is 4.90 Å². The molecule has 5 heteroatoms. The van der Waals surface area contributed by atoms with Gasteiger partial charge in [-0.1, -0.05) is 24.6 Å². The molecule has 2 unspecified atom stereocenters. The molecule has 1 aromatic rings. The van der Waals surface area contributed by atoms with E-state index < -0.39 is 5.82 Å². The predicted octanol–water partition coefficient (Wildman–Crippen LogP) is 2.46. The molecule has 0 bridgehead atoms. The zero-order chi connectivity index (χ0) is 14.5. The minimum absolute atomic E-state index is 0.0270. The molecule has 2 N–H and O–H groups in total. The number of rotatable bonds is 5. The molecule has 1 heterocycles. The van der Waals surface area contributed by atoms with Gasteiger partial charge in [-0.05, 0) is 37.1 Å². The molecule has 0 radical (unpaired) electrons. The van der Waals surface area contributed by atoms with Crippen molar-refractivity contribution >= 4 is 11.6 Å². The monoisotopic (exact) mass is 300 g/mol. The Morgan fingerprint density at radius 1 is 1.55 bits per heavy atom. The number of hydrogen-bond acceptors (Lipinski definition) is 3. The van der Waals surface area contributed by atoms with Crippen LogP contribution in [0.15, 0.2) is 18.2 Å². The fraction of sp³-hybridized carbons (Fsp3) is 0.600. The Bertz CT molecular complexity index is 442. The molecular formula is C15H22ClFN2O. The lowest BCUT2D eigenvalue weighted by Gasteiger charge is -2.35. The molecule has 0 spiro atoms. The van der Waals surface area contributed by atoms with E-state index in [9.17, 15) is 4.39 Å². The summed E-state index contributed by atoms with van der Waals surface area (Å²) in [7, 11) is 0. The van der Waals surface area contributed by atoms with Gasteiger partial charge < -0.3 is 10.5 Å².